The standard InChI is InChI=1S/C29H26F3N5O2/c1-37-15-34-36-28(37)24-18(17-6-3-2-4-7-17)10-11-20(30)25(24)29-35-22-13-16(12-19(27(31)32)26(22)39-29)14-33-21-8-5-9-23(21)38/h2-4,6-7,10-13,15,21,23,27,33,38H,5,8-9,14H2,1H3. The van der Waals surface area contributed by atoms with Crippen LogP contribution in [0.4, 0.5) is 13.2 Å². The normalized spacial score (nSPS) is 17.5. The van der Waals surface area contributed by atoms with E-state index in [1.54, 1.807) is 23.7 Å². The van der Waals surface area contributed by atoms with Crippen LogP contribution in [-0.2, 0) is 13.6 Å². The molecule has 0 saturated heterocycles. The van der Waals surface area contributed by atoms with Gasteiger partial charge in [0.2, 0.25) is 5.89 Å². The molecular formula is C29H26F3N5O2. The zero-order chi connectivity index (χ0) is 27.1. The molecule has 1 fully saturated rings. The lowest BCUT2D eigenvalue weighted by Gasteiger charge is -2.16. The number of fused-ring (bicyclic) bond motifs is 1. The number of oxazole rings is 1. The number of aryl methyl sites for hydroxylation is 1. The minimum atomic E-state index is -2.83. The lowest BCUT2D eigenvalue weighted by molar-refractivity contribution is 0.148. The predicted molar refractivity (Wildman–Crippen MR) is 140 cm³/mol. The summed E-state index contributed by atoms with van der Waals surface area (Å²) in [6.45, 7) is 0.279. The van der Waals surface area contributed by atoms with E-state index in [0.29, 0.717) is 28.9 Å². The minimum Gasteiger partial charge on any atom is -0.435 e. The van der Waals surface area contributed by atoms with Crippen LogP contribution in [0.15, 0.2) is 65.3 Å². The number of rotatable bonds is 7. The summed E-state index contributed by atoms with van der Waals surface area (Å²) in [6, 6.07) is 15.3. The molecule has 7 nitrogen and oxygen atoms in total. The highest BCUT2D eigenvalue weighted by Crippen LogP contribution is 2.42. The van der Waals surface area contributed by atoms with Crippen molar-refractivity contribution in [1.82, 2.24) is 25.1 Å². The summed E-state index contributed by atoms with van der Waals surface area (Å²) < 4.78 is 51.5. The average Bonchev–Trinajstić information content (AvgIpc) is 3.66. The van der Waals surface area contributed by atoms with Gasteiger partial charge in [-0.3, -0.25) is 0 Å². The molecular weight excluding hydrogens is 507 g/mol. The summed E-state index contributed by atoms with van der Waals surface area (Å²) in [5.41, 5.74) is 2.22. The second-order valence-electron chi connectivity index (χ2n) is 9.82. The van der Waals surface area contributed by atoms with Crippen molar-refractivity contribution >= 4 is 11.1 Å². The molecule has 1 saturated carbocycles. The van der Waals surface area contributed by atoms with Gasteiger partial charge in [-0.05, 0) is 54.2 Å². The lowest BCUT2D eigenvalue weighted by atomic mass is 9.94. The van der Waals surface area contributed by atoms with E-state index in [9.17, 15) is 13.9 Å². The Kier molecular flexibility index (Phi) is 6.66. The lowest BCUT2D eigenvalue weighted by Crippen LogP contribution is -2.35. The van der Waals surface area contributed by atoms with Gasteiger partial charge in [0, 0.05) is 25.2 Å². The van der Waals surface area contributed by atoms with Crippen molar-refractivity contribution in [2.24, 2.45) is 7.05 Å². The summed E-state index contributed by atoms with van der Waals surface area (Å²) >= 11 is 0. The maximum absolute atomic E-state index is 15.6. The fourth-order valence-corrected chi connectivity index (χ4v) is 5.30. The number of benzene rings is 3. The van der Waals surface area contributed by atoms with Gasteiger partial charge in [-0.15, -0.1) is 10.2 Å². The first kappa shape index (κ1) is 25.3. The molecule has 1 aliphatic carbocycles. The molecule has 2 atom stereocenters. The fourth-order valence-electron chi connectivity index (χ4n) is 5.30. The van der Waals surface area contributed by atoms with E-state index in [4.69, 9.17) is 4.42 Å². The molecule has 0 aliphatic heterocycles. The second-order valence-corrected chi connectivity index (χ2v) is 9.82. The van der Waals surface area contributed by atoms with Gasteiger partial charge < -0.3 is 19.4 Å². The third-order valence-corrected chi connectivity index (χ3v) is 7.25. The Hall–Kier alpha value is -4.02. The molecule has 3 aromatic carbocycles. The van der Waals surface area contributed by atoms with Gasteiger partial charge in [0.05, 0.1) is 17.2 Å². The Labute approximate surface area is 222 Å². The van der Waals surface area contributed by atoms with Crippen LogP contribution >= 0.6 is 0 Å². The highest BCUT2D eigenvalue weighted by molar-refractivity contribution is 5.92. The monoisotopic (exact) mass is 533 g/mol. The molecule has 0 bridgehead atoms. The molecule has 39 heavy (non-hydrogen) atoms. The summed E-state index contributed by atoms with van der Waals surface area (Å²) in [5.74, 6) is -0.383. The van der Waals surface area contributed by atoms with Crippen LogP contribution in [0.2, 0.25) is 0 Å². The largest absolute Gasteiger partial charge is 0.435 e. The van der Waals surface area contributed by atoms with Crippen molar-refractivity contribution in [3.05, 3.63) is 77.9 Å². The van der Waals surface area contributed by atoms with Crippen LogP contribution in [-0.4, -0.2) is 37.0 Å². The van der Waals surface area contributed by atoms with Crippen molar-refractivity contribution in [3.8, 4) is 34.0 Å². The number of aromatic nitrogens is 4. The maximum atomic E-state index is 15.6. The Morgan fingerprint density at radius 1 is 1.10 bits per heavy atom. The van der Waals surface area contributed by atoms with E-state index in [1.807, 2.05) is 30.3 Å². The Morgan fingerprint density at radius 2 is 1.92 bits per heavy atom. The predicted octanol–water partition coefficient (Wildman–Crippen LogP) is 6.04. The smallest absolute Gasteiger partial charge is 0.267 e. The van der Waals surface area contributed by atoms with Crippen LogP contribution in [0.3, 0.4) is 0 Å². The van der Waals surface area contributed by atoms with E-state index in [2.05, 4.69) is 20.5 Å². The summed E-state index contributed by atoms with van der Waals surface area (Å²) in [7, 11) is 1.74. The van der Waals surface area contributed by atoms with Crippen LogP contribution in [0.25, 0.3) is 45.1 Å². The van der Waals surface area contributed by atoms with Gasteiger partial charge in [-0.25, -0.2) is 18.2 Å². The Morgan fingerprint density at radius 3 is 2.62 bits per heavy atom. The number of aliphatic hydroxyl groups is 1. The molecule has 2 unspecified atom stereocenters. The van der Waals surface area contributed by atoms with Crippen LogP contribution < -0.4 is 5.32 Å². The molecule has 10 heteroatoms. The van der Waals surface area contributed by atoms with E-state index in [0.717, 1.165) is 18.4 Å². The molecule has 2 N–H and O–H groups in total. The average molecular weight is 534 g/mol. The molecule has 0 spiro atoms. The number of aliphatic hydroxyl groups excluding tert-OH is 1. The van der Waals surface area contributed by atoms with Crippen LogP contribution in [0.1, 0.15) is 36.8 Å². The summed E-state index contributed by atoms with van der Waals surface area (Å²) in [5, 5.41) is 21.5. The number of halogens is 3. The number of nitrogens with zero attached hydrogens (tertiary/aromatic N) is 4. The van der Waals surface area contributed by atoms with Gasteiger partial charge in [-0.1, -0.05) is 36.4 Å². The van der Waals surface area contributed by atoms with E-state index in [-0.39, 0.29) is 40.7 Å². The minimum absolute atomic E-state index is 0.0117. The molecule has 6 rings (SSSR count). The van der Waals surface area contributed by atoms with E-state index < -0.39 is 18.3 Å². The van der Waals surface area contributed by atoms with Crippen molar-refractivity contribution in [3.63, 3.8) is 0 Å². The number of hydrogen-bond donors (Lipinski definition) is 2. The highest BCUT2D eigenvalue weighted by Gasteiger charge is 2.28. The first-order chi connectivity index (χ1) is 18.9. The highest BCUT2D eigenvalue weighted by atomic mass is 19.3. The topological polar surface area (TPSA) is 89.0 Å². The van der Waals surface area contributed by atoms with Gasteiger partial charge in [-0.2, -0.15) is 0 Å². The quantitative estimate of drug-likeness (QED) is 0.265. The third kappa shape index (κ3) is 4.70. The Bertz CT molecular complexity index is 1630. The van der Waals surface area contributed by atoms with Gasteiger partial charge >= 0.3 is 0 Å². The van der Waals surface area contributed by atoms with E-state index in [1.165, 1.54) is 18.5 Å². The molecule has 5 aromatic rings. The Balaban J connectivity index is 1.51. The van der Waals surface area contributed by atoms with Gasteiger partial charge in [0.15, 0.2) is 11.4 Å². The van der Waals surface area contributed by atoms with Gasteiger partial charge in [0.1, 0.15) is 17.7 Å². The molecule has 2 heterocycles. The molecule has 0 amide bonds. The number of hydrogen-bond acceptors (Lipinski definition) is 6. The fraction of sp³-hybridized carbons (Fsp3) is 0.276. The van der Waals surface area contributed by atoms with Crippen molar-refractivity contribution in [1.29, 1.82) is 0 Å². The first-order valence-electron chi connectivity index (χ1n) is 12.8. The summed E-state index contributed by atoms with van der Waals surface area (Å²) in [6.07, 6.45) is 0.660. The van der Waals surface area contributed by atoms with Crippen molar-refractivity contribution in [2.75, 3.05) is 0 Å². The second kappa shape index (κ2) is 10.3. The third-order valence-electron chi connectivity index (χ3n) is 7.25. The van der Waals surface area contributed by atoms with Crippen LogP contribution in [0.5, 0.6) is 0 Å². The van der Waals surface area contributed by atoms with E-state index >= 15 is 4.39 Å². The summed E-state index contributed by atoms with van der Waals surface area (Å²) in [4.78, 5) is 4.50. The van der Waals surface area contributed by atoms with Crippen molar-refractivity contribution in [2.45, 2.75) is 44.4 Å². The number of alkyl halides is 2. The molecule has 0 radical (unpaired) electrons. The zero-order valence-electron chi connectivity index (χ0n) is 21.1. The molecule has 200 valence electrons. The zero-order valence-corrected chi connectivity index (χ0v) is 21.1. The van der Waals surface area contributed by atoms with Crippen molar-refractivity contribution < 1.29 is 22.7 Å². The molecule has 2 aromatic heterocycles. The SMILES string of the molecule is Cn1cnnc1-c1c(-c2ccccc2)ccc(F)c1-c1nc2cc(CNC3CCCC3O)cc(C(F)F)c2o1. The molecule has 1 aliphatic rings. The maximum Gasteiger partial charge on any atom is 0.267 e. The van der Waals surface area contributed by atoms with Crippen LogP contribution in [0, 0.1) is 5.82 Å². The first-order valence-corrected chi connectivity index (χ1v) is 12.8. The number of nitrogens with one attached hydrogen (secondary N) is 1. The van der Waals surface area contributed by atoms with Gasteiger partial charge in [0.25, 0.3) is 6.43 Å².